The van der Waals surface area contributed by atoms with Crippen LogP contribution >= 0.6 is 11.8 Å². The Balaban J connectivity index is 2.76. The van der Waals surface area contributed by atoms with Crippen molar-refractivity contribution in [3.8, 4) is 0 Å². The molecule has 3 heteroatoms. The topological polar surface area (TPSA) is 20.2 Å². The summed E-state index contributed by atoms with van der Waals surface area (Å²) in [6.07, 6.45) is 0.440. The van der Waals surface area contributed by atoms with Gasteiger partial charge in [-0.2, -0.15) is 0 Å². The molecule has 0 fully saturated rings. The average molecular weight is 242 g/mol. The molecule has 0 amide bonds. The SMILES string of the molecule is CC(C)CCSc1c(F)cccc1C(C)O. The lowest BCUT2D eigenvalue weighted by molar-refractivity contribution is 0.195. The third-order valence-corrected chi connectivity index (χ3v) is 3.55. The highest BCUT2D eigenvalue weighted by atomic mass is 32.2. The van der Waals surface area contributed by atoms with Gasteiger partial charge < -0.3 is 5.11 Å². The Morgan fingerprint density at radius 2 is 2.00 bits per heavy atom. The van der Waals surface area contributed by atoms with E-state index in [0.717, 1.165) is 12.2 Å². The Morgan fingerprint density at radius 3 is 2.56 bits per heavy atom. The lowest BCUT2D eigenvalue weighted by Gasteiger charge is -2.12. The summed E-state index contributed by atoms with van der Waals surface area (Å²) in [6.45, 7) is 5.97. The van der Waals surface area contributed by atoms with Gasteiger partial charge in [0.25, 0.3) is 0 Å². The Bertz CT molecular complexity index is 337. The number of rotatable bonds is 5. The van der Waals surface area contributed by atoms with Gasteiger partial charge >= 0.3 is 0 Å². The number of halogens is 1. The molecule has 0 aliphatic heterocycles. The molecule has 0 saturated heterocycles. The van der Waals surface area contributed by atoms with Gasteiger partial charge in [-0.3, -0.25) is 0 Å². The summed E-state index contributed by atoms with van der Waals surface area (Å²) < 4.78 is 13.6. The number of benzene rings is 1. The van der Waals surface area contributed by atoms with Crippen LogP contribution in [0.25, 0.3) is 0 Å². The Hall–Kier alpha value is -0.540. The highest BCUT2D eigenvalue weighted by Crippen LogP contribution is 2.31. The summed E-state index contributed by atoms with van der Waals surface area (Å²) in [6, 6.07) is 4.87. The van der Waals surface area contributed by atoms with Gasteiger partial charge in [0.05, 0.1) is 6.10 Å². The fraction of sp³-hybridized carbons (Fsp3) is 0.538. The minimum Gasteiger partial charge on any atom is -0.389 e. The Kier molecular flexibility index (Phi) is 5.29. The predicted octanol–water partition coefficient (Wildman–Crippen LogP) is 4.02. The largest absolute Gasteiger partial charge is 0.389 e. The minimum absolute atomic E-state index is 0.229. The first-order valence-corrected chi connectivity index (χ1v) is 6.60. The van der Waals surface area contributed by atoms with Crippen molar-refractivity contribution in [1.29, 1.82) is 0 Å². The fourth-order valence-corrected chi connectivity index (χ4v) is 2.81. The van der Waals surface area contributed by atoms with E-state index >= 15 is 0 Å². The third kappa shape index (κ3) is 3.80. The highest BCUT2D eigenvalue weighted by molar-refractivity contribution is 7.99. The first kappa shape index (κ1) is 13.5. The molecule has 0 heterocycles. The Labute approximate surface area is 101 Å². The van der Waals surface area contributed by atoms with Crippen LogP contribution in [0.3, 0.4) is 0 Å². The molecule has 1 unspecified atom stereocenters. The molecular weight excluding hydrogens is 223 g/mol. The standard InChI is InChI=1S/C13H19FOS/c1-9(2)7-8-16-13-11(10(3)15)5-4-6-12(13)14/h4-6,9-10,15H,7-8H2,1-3H3. The van der Waals surface area contributed by atoms with Crippen molar-refractivity contribution >= 4 is 11.8 Å². The van der Waals surface area contributed by atoms with E-state index in [1.54, 1.807) is 19.1 Å². The van der Waals surface area contributed by atoms with Crippen LogP contribution in [-0.4, -0.2) is 10.9 Å². The number of thioether (sulfide) groups is 1. The van der Waals surface area contributed by atoms with Gasteiger partial charge in [-0.25, -0.2) is 4.39 Å². The summed E-state index contributed by atoms with van der Waals surface area (Å²) in [7, 11) is 0. The number of hydrogen-bond donors (Lipinski definition) is 1. The zero-order valence-corrected chi connectivity index (χ0v) is 10.9. The van der Waals surface area contributed by atoms with Gasteiger partial charge in [0.15, 0.2) is 0 Å². The summed E-state index contributed by atoms with van der Waals surface area (Å²) in [4.78, 5) is 0.596. The van der Waals surface area contributed by atoms with E-state index in [1.807, 2.05) is 0 Å². The van der Waals surface area contributed by atoms with E-state index < -0.39 is 6.10 Å². The van der Waals surface area contributed by atoms with E-state index in [-0.39, 0.29) is 5.82 Å². The maximum Gasteiger partial charge on any atom is 0.137 e. The van der Waals surface area contributed by atoms with E-state index in [4.69, 9.17) is 0 Å². The number of aliphatic hydroxyl groups excluding tert-OH is 1. The second-order valence-corrected chi connectivity index (χ2v) is 5.47. The molecule has 0 spiro atoms. The van der Waals surface area contributed by atoms with E-state index in [0.29, 0.717) is 16.4 Å². The van der Waals surface area contributed by atoms with E-state index in [9.17, 15) is 9.50 Å². The van der Waals surface area contributed by atoms with Crippen molar-refractivity contribution in [3.05, 3.63) is 29.6 Å². The highest BCUT2D eigenvalue weighted by Gasteiger charge is 2.12. The molecule has 1 rings (SSSR count). The maximum atomic E-state index is 13.6. The quantitative estimate of drug-likeness (QED) is 0.787. The third-order valence-electron chi connectivity index (χ3n) is 2.39. The molecule has 0 saturated carbocycles. The monoisotopic (exact) mass is 242 g/mol. The van der Waals surface area contributed by atoms with Gasteiger partial charge in [0, 0.05) is 4.90 Å². The van der Waals surface area contributed by atoms with Crippen LogP contribution in [0.2, 0.25) is 0 Å². The molecule has 1 aromatic carbocycles. The van der Waals surface area contributed by atoms with Crippen LogP contribution in [0.4, 0.5) is 4.39 Å². The first-order chi connectivity index (χ1) is 7.52. The summed E-state index contributed by atoms with van der Waals surface area (Å²) >= 11 is 1.50. The van der Waals surface area contributed by atoms with Crippen molar-refractivity contribution in [2.75, 3.05) is 5.75 Å². The summed E-state index contributed by atoms with van der Waals surface area (Å²) in [5.41, 5.74) is 0.689. The van der Waals surface area contributed by atoms with Gasteiger partial charge in [-0.1, -0.05) is 26.0 Å². The predicted molar refractivity (Wildman–Crippen MR) is 67.2 cm³/mol. The van der Waals surface area contributed by atoms with Crippen LogP contribution in [0.5, 0.6) is 0 Å². The lowest BCUT2D eigenvalue weighted by atomic mass is 10.1. The van der Waals surface area contributed by atoms with Crippen LogP contribution in [0.15, 0.2) is 23.1 Å². The molecule has 0 aromatic heterocycles. The number of aliphatic hydroxyl groups is 1. The fourth-order valence-electron chi connectivity index (χ4n) is 1.40. The minimum atomic E-state index is -0.614. The van der Waals surface area contributed by atoms with Crippen LogP contribution in [-0.2, 0) is 0 Å². The second kappa shape index (κ2) is 6.26. The van der Waals surface area contributed by atoms with Gasteiger partial charge in [-0.05, 0) is 36.6 Å². The van der Waals surface area contributed by atoms with Gasteiger partial charge in [0.2, 0.25) is 0 Å². The van der Waals surface area contributed by atoms with Crippen LogP contribution in [0.1, 0.15) is 38.9 Å². The van der Waals surface area contributed by atoms with Crippen molar-refractivity contribution in [2.45, 2.75) is 38.2 Å². The molecule has 0 aliphatic carbocycles. The van der Waals surface area contributed by atoms with Crippen LogP contribution < -0.4 is 0 Å². The van der Waals surface area contributed by atoms with Crippen molar-refractivity contribution in [2.24, 2.45) is 5.92 Å². The second-order valence-electron chi connectivity index (χ2n) is 4.37. The molecule has 16 heavy (non-hydrogen) atoms. The molecular formula is C13H19FOS. The molecule has 1 atom stereocenters. The molecule has 1 nitrogen and oxygen atoms in total. The molecule has 0 bridgehead atoms. The zero-order chi connectivity index (χ0) is 12.1. The molecule has 90 valence electrons. The maximum absolute atomic E-state index is 13.6. The molecule has 1 N–H and O–H groups in total. The van der Waals surface area contributed by atoms with E-state index in [1.165, 1.54) is 17.8 Å². The zero-order valence-electron chi connectivity index (χ0n) is 10.0. The summed E-state index contributed by atoms with van der Waals surface area (Å²) in [5.74, 6) is 1.28. The number of hydrogen-bond acceptors (Lipinski definition) is 2. The van der Waals surface area contributed by atoms with Crippen molar-refractivity contribution < 1.29 is 9.50 Å². The summed E-state index contributed by atoms with van der Waals surface area (Å²) in [5, 5.41) is 9.56. The smallest absolute Gasteiger partial charge is 0.137 e. The van der Waals surface area contributed by atoms with Crippen LogP contribution in [0, 0.1) is 11.7 Å². The van der Waals surface area contributed by atoms with Crippen molar-refractivity contribution in [1.82, 2.24) is 0 Å². The van der Waals surface area contributed by atoms with Gasteiger partial charge in [-0.15, -0.1) is 11.8 Å². The normalized spacial score (nSPS) is 13.1. The molecule has 1 aromatic rings. The van der Waals surface area contributed by atoms with Gasteiger partial charge in [0.1, 0.15) is 5.82 Å². The molecule has 0 aliphatic rings. The average Bonchev–Trinajstić information content (AvgIpc) is 2.19. The first-order valence-electron chi connectivity index (χ1n) is 5.61. The lowest BCUT2D eigenvalue weighted by Crippen LogP contribution is -1.98. The van der Waals surface area contributed by atoms with E-state index in [2.05, 4.69) is 13.8 Å². The molecule has 0 radical (unpaired) electrons. The Morgan fingerprint density at radius 1 is 1.31 bits per heavy atom. The van der Waals surface area contributed by atoms with Crippen molar-refractivity contribution in [3.63, 3.8) is 0 Å².